The molecule has 0 spiro atoms. The van der Waals surface area contributed by atoms with E-state index in [0.29, 0.717) is 6.04 Å². The van der Waals surface area contributed by atoms with Crippen molar-refractivity contribution in [3.63, 3.8) is 0 Å². The van der Waals surface area contributed by atoms with Crippen LogP contribution in [-0.2, 0) is 4.74 Å². The van der Waals surface area contributed by atoms with Crippen molar-refractivity contribution in [1.82, 2.24) is 10.2 Å². The number of piperazine rings is 1. The monoisotopic (exact) mass is 318 g/mol. The molecule has 6 heteroatoms. The van der Waals surface area contributed by atoms with Gasteiger partial charge in [0.2, 0.25) is 0 Å². The van der Waals surface area contributed by atoms with Gasteiger partial charge in [-0.05, 0) is 37.1 Å². The van der Waals surface area contributed by atoms with Crippen molar-refractivity contribution < 1.29 is 9.53 Å². The molecule has 1 aromatic carbocycles. The van der Waals surface area contributed by atoms with Gasteiger partial charge in [0.1, 0.15) is 0 Å². The average Bonchev–Trinajstić information content (AvgIpc) is 3.38. The fraction of sp³-hybridized carbons (Fsp3) is 0.588. The number of amides is 2. The summed E-state index contributed by atoms with van der Waals surface area (Å²) in [7, 11) is 1.75. The number of hydrogen-bond donors (Lipinski definition) is 2. The van der Waals surface area contributed by atoms with E-state index in [0.717, 1.165) is 57.9 Å². The number of carbonyl (C=O) groups excluding carboxylic acids is 1. The summed E-state index contributed by atoms with van der Waals surface area (Å²) in [4.78, 5) is 16.5. The van der Waals surface area contributed by atoms with E-state index >= 15 is 0 Å². The Bertz CT molecular complexity index is 508. The van der Waals surface area contributed by atoms with Crippen molar-refractivity contribution in [3.05, 3.63) is 24.3 Å². The number of carbonyl (C=O) groups is 1. The Hall–Kier alpha value is -1.79. The number of urea groups is 1. The first-order valence-corrected chi connectivity index (χ1v) is 8.38. The quantitative estimate of drug-likeness (QED) is 0.839. The molecule has 6 nitrogen and oxygen atoms in total. The number of nitrogens with zero attached hydrogens (tertiary/aromatic N) is 2. The molecule has 2 N–H and O–H groups in total. The standard InChI is InChI=1S/C17H26N4O2/c1-23-13-12-20-8-10-21(11-9-20)16-6-4-15(5-7-16)19-17(22)18-14-2-3-14/h4-7,14H,2-3,8-13H2,1H3,(H2,18,19,22). The smallest absolute Gasteiger partial charge is 0.319 e. The van der Waals surface area contributed by atoms with Crippen LogP contribution >= 0.6 is 0 Å². The summed E-state index contributed by atoms with van der Waals surface area (Å²) in [6, 6.07) is 8.38. The van der Waals surface area contributed by atoms with Crippen LogP contribution < -0.4 is 15.5 Å². The zero-order valence-corrected chi connectivity index (χ0v) is 13.8. The first-order valence-electron chi connectivity index (χ1n) is 8.38. The van der Waals surface area contributed by atoms with Crippen LogP contribution in [-0.4, -0.2) is 63.4 Å². The largest absolute Gasteiger partial charge is 0.383 e. The Morgan fingerprint density at radius 2 is 1.87 bits per heavy atom. The van der Waals surface area contributed by atoms with Crippen LogP contribution in [0.15, 0.2) is 24.3 Å². The van der Waals surface area contributed by atoms with Crippen LogP contribution in [0.1, 0.15) is 12.8 Å². The van der Waals surface area contributed by atoms with E-state index in [-0.39, 0.29) is 6.03 Å². The second-order valence-electron chi connectivity index (χ2n) is 6.24. The van der Waals surface area contributed by atoms with Gasteiger partial charge in [0.15, 0.2) is 0 Å². The summed E-state index contributed by atoms with van der Waals surface area (Å²) < 4.78 is 5.13. The van der Waals surface area contributed by atoms with E-state index in [9.17, 15) is 4.79 Å². The lowest BCUT2D eigenvalue weighted by atomic mass is 10.2. The van der Waals surface area contributed by atoms with E-state index in [1.807, 2.05) is 12.1 Å². The maximum absolute atomic E-state index is 11.7. The van der Waals surface area contributed by atoms with Gasteiger partial charge >= 0.3 is 6.03 Å². The topological polar surface area (TPSA) is 56.8 Å². The molecule has 0 radical (unpaired) electrons. The second-order valence-corrected chi connectivity index (χ2v) is 6.24. The molecule has 126 valence electrons. The Balaban J connectivity index is 1.46. The SMILES string of the molecule is COCCN1CCN(c2ccc(NC(=O)NC3CC3)cc2)CC1. The van der Waals surface area contributed by atoms with Crippen LogP contribution in [0, 0.1) is 0 Å². The van der Waals surface area contributed by atoms with Gasteiger partial charge in [-0.2, -0.15) is 0 Å². The Morgan fingerprint density at radius 1 is 1.17 bits per heavy atom. The third kappa shape index (κ3) is 4.84. The number of rotatable bonds is 6. The summed E-state index contributed by atoms with van der Waals surface area (Å²) >= 11 is 0. The lowest BCUT2D eigenvalue weighted by Crippen LogP contribution is -2.47. The van der Waals surface area contributed by atoms with Crippen molar-refractivity contribution in [2.75, 3.05) is 56.7 Å². The molecule has 0 aromatic heterocycles. The van der Waals surface area contributed by atoms with E-state index in [1.54, 1.807) is 7.11 Å². The van der Waals surface area contributed by atoms with Gasteiger partial charge in [0.05, 0.1) is 6.61 Å². The predicted molar refractivity (Wildman–Crippen MR) is 92.1 cm³/mol. The van der Waals surface area contributed by atoms with Crippen LogP contribution in [0.2, 0.25) is 0 Å². The van der Waals surface area contributed by atoms with Crippen molar-refractivity contribution in [3.8, 4) is 0 Å². The summed E-state index contributed by atoms with van der Waals surface area (Å²) in [5.41, 5.74) is 2.05. The molecule has 1 heterocycles. The van der Waals surface area contributed by atoms with Crippen LogP contribution in [0.5, 0.6) is 0 Å². The van der Waals surface area contributed by atoms with Crippen LogP contribution in [0.3, 0.4) is 0 Å². The van der Waals surface area contributed by atoms with E-state index in [2.05, 4.69) is 32.6 Å². The van der Waals surface area contributed by atoms with Gasteiger partial charge in [-0.3, -0.25) is 4.90 Å². The molecule has 1 saturated heterocycles. The van der Waals surface area contributed by atoms with Gasteiger partial charge in [0, 0.05) is 57.3 Å². The van der Waals surface area contributed by atoms with Gasteiger partial charge in [-0.25, -0.2) is 4.79 Å². The van der Waals surface area contributed by atoms with Gasteiger partial charge < -0.3 is 20.3 Å². The molecule has 2 fully saturated rings. The Labute approximate surface area is 137 Å². The molecule has 0 unspecified atom stereocenters. The summed E-state index contributed by atoms with van der Waals surface area (Å²) in [5, 5.41) is 5.81. The van der Waals surface area contributed by atoms with Gasteiger partial charge in [0.25, 0.3) is 0 Å². The Morgan fingerprint density at radius 3 is 2.48 bits per heavy atom. The molecule has 1 aliphatic heterocycles. The molecule has 3 rings (SSSR count). The highest BCUT2D eigenvalue weighted by Gasteiger charge is 2.23. The number of nitrogens with one attached hydrogen (secondary N) is 2. The molecular weight excluding hydrogens is 292 g/mol. The maximum atomic E-state index is 11.7. The summed E-state index contributed by atoms with van der Waals surface area (Å²) in [5.74, 6) is 0. The zero-order valence-electron chi connectivity index (χ0n) is 13.8. The second kappa shape index (κ2) is 7.66. The third-order valence-corrected chi connectivity index (χ3v) is 4.39. The van der Waals surface area contributed by atoms with Crippen LogP contribution in [0.25, 0.3) is 0 Å². The first-order chi connectivity index (χ1) is 11.2. The molecule has 1 aliphatic carbocycles. The highest BCUT2D eigenvalue weighted by molar-refractivity contribution is 5.89. The van der Waals surface area contributed by atoms with Gasteiger partial charge in [-0.15, -0.1) is 0 Å². The number of hydrogen-bond acceptors (Lipinski definition) is 4. The lowest BCUT2D eigenvalue weighted by Gasteiger charge is -2.36. The van der Waals surface area contributed by atoms with E-state index in [4.69, 9.17) is 4.74 Å². The molecule has 0 bridgehead atoms. The fourth-order valence-corrected chi connectivity index (χ4v) is 2.79. The van der Waals surface area contributed by atoms with Crippen molar-refractivity contribution >= 4 is 17.4 Å². The van der Waals surface area contributed by atoms with Crippen molar-refractivity contribution in [1.29, 1.82) is 0 Å². The van der Waals surface area contributed by atoms with Crippen LogP contribution in [0.4, 0.5) is 16.2 Å². The highest BCUT2D eigenvalue weighted by Crippen LogP contribution is 2.21. The molecular formula is C17H26N4O2. The molecule has 2 aliphatic rings. The minimum Gasteiger partial charge on any atom is -0.383 e. The zero-order chi connectivity index (χ0) is 16.1. The van der Waals surface area contributed by atoms with Crippen molar-refractivity contribution in [2.45, 2.75) is 18.9 Å². The summed E-state index contributed by atoms with van der Waals surface area (Å²) in [6.45, 7) is 5.98. The first kappa shape index (κ1) is 16.1. The Kier molecular flexibility index (Phi) is 5.35. The fourth-order valence-electron chi connectivity index (χ4n) is 2.79. The van der Waals surface area contributed by atoms with E-state index in [1.165, 1.54) is 5.69 Å². The number of benzene rings is 1. The number of anilines is 2. The molecule has 23 heavy (non-hydrogen) atoms. The number of methoxy groups -OCH3 is 1. The molecule has 0 atom stereocenters. The predicted octanol–water partition coefficient (Wildman–Crippen LogP) is 1.74. The molecule has 1 saturated carbocycles. The number of ether oxygens (including phenoxy) is 1. The lowest BCUT2D eigenvalue weighted by molar-refractivity contribution is 0.144. The normalized spacial score (nSPS) is 18.7. The average molecular weight is 318 g/mol. The van der Waals surface area contributed by atoms with Crippen molar-refractivity contribution in [2.24, 2.45) is 0 Å². The van der Waals surface area contributed by atoms with E-state index < -0.39 is 0 Å². The summed E-state index contributed by atoms with van der Waals surface area (Å²) in [6.07, 6.45) is 2.20. The highest BCUT2D eigenvalue weighted by atomic mass is 16.5. The maximum Gasteiger partial charge on any atom is 0.319 e. The molecule has 1 aromatic rings. The molecule has 2 amide bonds. The third-order valence-electron chi connectivity index (χ3n) is 4.39. The minimum atomic E-state index is -0.105. The minimum absolute atomic E-state index is 0.105. The van der Waals surface area contributed by atoms with Gasteiger partial charge in [-0.1, -0.05) is 0 Å².